The zero-order chi connectivity index (χ0) is 13.7. The second kappa shape index (κ2) is 7.04. The molecule has 1 aliphatic heterocycles. The molecule has 4 nitrogen and oxygen atoms in total. The van der Waals surface area contributed by atoms with Crippen LogP contribution in [0.5, 0.6) is 0 Å². The predicted octanol–water partition coefficient (Wildman–Crippen LogP) is 1.42. The average molecular weight is 288 g/mol. The fraction of sp³-hybridized carbons (Fsp3) is 1.00. The number of nitrogens with zero attached hydrogens (tertiary/aromatic N) is 1. The van der Waals surface area contributed by atoms with Crippen LogP contribution in [0.25, 0.3) is 0 Å². The molecule has 0 bridgehead atoms. The van der Waals surface area contributed by atoms with Gasteiger partial charge in [-0.25, -0.2) is 8.42 Å². The van der Waals surface area contributed by atoms with E-state index in [1.165, 1.54) is 32.1 Å². The first-order valence-electron chi connectivity index (χ1n) is 7.78. The van der Waals surface area contributed by atoms with E-state index in [0.29, 0.717) is 23.6 Å². The van der Waals surface area contributed by atoms with Crippen LogP contribution in [0.4, 0.5) is 0 Å². The van der Waals surface area contributed by atoms with Crippen molar-refractivity contribution in [3.05, 3.63) is 0 Å². The highest BCUT2D eigenvalue weighted by molar-refractivity contribution is 7.91. The Balaban J connectivity index is 1.78. The van der Waals surface area contributed by atoms with Gasteiger partial charge in [-0.15, -0.1) is 0 Å². The molecule has 1 saturated carbocycles. The van der Waals surface area contributed by atoms with E-state index in [2.05, 4.69) is 17.1 Å². The Hall–Kier alpha value is -0.130. The van der Waals surface area contributed by atoms with E-state index in [4.69, 9.17) is 0 Å². The second-order valence-corrected chi connectivity index (χ2v) is 8.30. The Bertz CT molecular complexity index is 362. The largest absolute Gasteiger partial charge is 0.314 e. The molecule has 2 aliphatic rings. The first-order valence-corrected chi connectivity index (χ1v) is 9.61. The Kier molecular flexibility index (Phi) is 5.66. The van der Waals surface area contributed by atoms with Crippen LogP contribution >= 0.6 is 0 Å². The third kappa shape index (κ3) is 4.72. The smallest absolute Gasteiger partial charge is 0.151 e. The van der Waals surface area contributed by atoms with Gasteiger partial charge in [-0.05, 0) is 51.6 Å². The van der Waals surface area contributed by atoms with Gasteiger partial charge in [0.2, 0.25) is 0 Å². The summed E-state index contributed by atoms with van der Waals surface area (Å²) >= 11 is 0. The highest BCUT2D eigenvalue weighted by atomic mass is 32.2. The maximum Gasteiger partial charge on any atom is 0.151 e. The van der Waals surface area contributed by atoms with Crippen LogP contribution in [0, 0.1) is 0 Å². The Morgan fingerprint density at radius 1 is 1.11 bits per heavy atom. The van der Waals surface area contributed by atoms with Crippen molar-refractivity contribution in [2.45, 2.75) is 57.5 Å². The molecule has 0 aromatic heterocycles. The molecule has 5 heteroatoms. The van der Waals surface area contributed by atoms with Crippen LogP contribution < -0.4 is 5.32 Å². The molecule has 2 fully saturated rings. The average Bonchev–Trinajstić information content (AvgIpc) is 2.58. The van der Waals surface area contributed by atoms with Crippen molar-refractivity contribution in [2.24, 2.45) is 0 Å². The minimum Gasteiger partial charge on any atom is -0.314 e. The number of nitrogens with one attached hydrogen (secondary N) is 1. The number of rotatable bonds is 4. The van der Waals surface area contributed by atoms with E-state index < -0.39 is 9.84 Å². The zero-order valence-corrected chi connectivity index (χ0v) is 12.9. The Labute approximate surface area is 117 Å². The lowest BCUT2D eigenvalue weighted by Gasteiger charge is -2.36. The topological polar surface area (TPSA) is 49.4 Å². The first kappa shape index (κ1) is 15.3. The molecular formula is C14H28N2O2S. The lowest BCUT2D eigenvalue weighted by Crippen LogP contribution is -2.43. The van der Waals surface area contributed by atoms with Crippen LogP contribution in [0.3, 0.4) is 0 Å². The van der Waals surface area contributed by atoms with Gasteiger partial charge < -0.3 is 5.32 Å². The Morgan fingerprint density at radius 2 is 1.84 bits per heavy atom. The summed E-state index contributed by atoms with van der Waals surface area (Å²) in [4.78, 5) is 2.43. The van der Waals surface area contributed by atoms with Gasteiger partial charge >= 0.3 is 0 Å². The fourth-order valence-corrected chi connectivity index (χ4v) is 4.60. The van der Waals surface area contributed by atoms with E-state index in [-0.39, 0.29) is 0 Å². The summed E-state index contributed by atoms with van der Waals surface area (Å²) in [6, 6.07) is 1.31. The maximum atomic E-state index is 11.6. The first-order chi connectivity index (χ1) is 9.11. The lowest BCUT2D eigenvalue weighted by molar-refractivity contribution is 0.153. The summed E-state index contributed by atoms with van der Waals surface area (Å²) < 4.78 is 23.3. The number of sulfone groups is 1. The van der Waals surface area contributed by atoms with Gasteiger partial charge in [-0.1, -0.05) is 6.92 Å². The summed E-state index contributed by atoms with van der Waals surface area (Å²) in [5.74, 6) is 0.748. The third-order valence-corrected chi connectivity index (χ3v) is 6.20. The fourth-order valence-electron chi connectivity index (χ4n) is 3.32. The van der Waals surface area contributed by atoms with Gasteiger partial charge in [0.25, 0.3) is 0 Å². The van der Waals surface area contributed by atoms with E-state index in [0.717, 1.165) is 26.1 Å². The number of hydrogen-bond acceptors (Lipinski definition) is 4. The van der Waals surface area contributed by atoms with Crippen LogP contribution in [-0.4, -0.2) is 56.5 Å². The van der Waals surface area contributed by atoms with Crippen LogP contribution in [0.2, 0.25) is 0 Å². The van der Waals surface area contributed by atoms with Crippen molar-refractivity contribution in [1.82, 2.24) is 10.2 Å². The van der Waals surface area contributed by atoms with Crippen molar-refractivity contribution in [3.63, 3.8) is 0 Å². The Morgan fingerprint density at radius 3 is 2.53 bits per heavy atom. The molecular weight excluding hydrogens is 260 g/mol. The summed E-state index contributed by atoms with van der Waals surface area (Å²) in [7, 11) is -2.77. The van der Waals surface area contributed by atoms with Gasteiger partial charge in [-0.3, -0.25) is 4.90 Å². The summed E-state index contributed by atoms with van der Waals surface area (Å²) in [5, 5.41) is 3.61. The monoisotopic (exact) mass is 288 g/mol. The van der Waals surface area contributed by atoms with Gasteiger partial charge in [0, 0.05) is 18.6 Å². The van der Waals surface area contributed by atoms with Crippen molar-refractivity contribution >= 4 is 9.84 Å². The zero-order valence-electron chi connectivity index (χ0n) is 12.1. The molecule has 0 aromatic carbocycles. The SMILES string of the molecule is CCCNC1CCC(N2CCCS(=O)(=O)CC2)CC1. The minimum atomic E-state index is -2.77. The maximum absolute atomic E-state index is 11.6. The molecule has 112 valence electrons. The third-order valence-electron chi connectivity index (χ3n) is 4.49. The predicted molar refractivity (Wildman–Crippen MR) is 79.2 cm³/mol. The molecule has 0 spiro atoms. The van der Waals surface area contributed by atoms with Crippen molar-refractivity contribution in [3.8, 4) is 0 Å². The van der Waals surface area contributed by atoms with Gasteiger partial charge in [0.05, 0.1) is 11.5 Å². The van der Waals surface area contributed by atoms with E-state index in [1.54, 1.807) is 0 Å². The quantitative estimate of drug-likeness (QED) is 0.850. The molecule has 1 aliphatic carbocycles. The molecule has 0 radical (unpaired) electrons. The molecule has 1 saturated heterocycles. The van der Waals surface area contributed by atoms with Crippen molar-refractivity contribution < 1.29 is 8.42 Å². The molecule has 0 aromatic rings. The van der Waals surface area contributed by atoms with Gasteiger partial charge in [0.15, 0.2) is 9.84 Å². The molecule has 2 rings (SSSR count). The molecule has 0 atom stereocenters. The number of hydrogen-bond donors (Lipinski definition) is 1. The molecule has 1 N–H and O–H groups in total. The van der Waals surface area contributed by atoms with Crippen LogP contribution in [-0.2, 0) is 9.84 Å². The van der Waals surface area contributed by atoms with Crippen molar-refractivity contribution in [2.75, 3.05) is 31.1 Å². The summed E-state index contributed by atoms with van der Waals surface area (Å²) in [5.41, 5.74) is 0. The second-order valence-electron chi connectivity index (χ2n) is 6.00. The van der Waals surface area contributed by atoms with Gasteiger partial charge in [-0.2, -0.15) is 0 Å². The van der Waals surface area contributed by atoms with Crippen LogP contribution in [0.15, 0.2) is 0 Å². The normalized spacial score (nSPS) is 32.9. The molecule has 1 heterocycles. The van der Waals surface area contributed by atoms with E-state index in [9.17, 15) is 8.42 Å². The van der Waals surface area contributed by atoms with E-state index >= 15 is 0 Å². The van der Waals surface area contributed by atoms with Gasteiger partial charge in [0.1, 0.15) is 0 Å². The summed E-state index contributed by atoms with van der Waals surface area (Å²) in [6.07, 6.45) is 6.95. The van der Waals surface area contributed by atoms with Crippen molar-refractivity contribution in [1.29, 1.82) is 0 Å². The molecule has 0 amide bonds. The standard InChI is InChI=1S/C14H28N2O2S/c1-2-8-15-13-4-6-14(7-5-13)16-9-3-11-19(17,18)12-10-16/h13-15H,2-12H2,1H3. The minimum absolute atomic E-state index is 0.362. The molecule has 19 heavy (non-hydrogen) atoms. The highest BCUT2D eigenvalue weighted by Gasteiger charge is 2.28. The molecule has 0 unspecified atom stereocenters. The highest BCUT2D eigenvalue weighted by Crippen LogP contribution is 2.24. The lowest BCUT2D eigenvalue weighted by atomic mass is 9.90. The van der Waals surface area contributed by atoms with E-state index in [1.807, 2.05) is 0 Å². The summed E-state index contributed by atoms with van der Waals surface area (Å²) in [6.45, 7) is 5.05. The van der Waals surface area contributed by atoms with Crippen LogP contribution in [0.1, 0.15) is 45.4 Å².